The fourth-order valence-electron chi connectivity index (χ4n) is 2.41. The van der Waals surface area contributed by atoms with E-state index in [9.17, 15) is 9.59 Å². The smallest absolute Gasteiger partial charge is 0.230 e. The van der Waals surface area contributed by atoms with Crippen LogP contribution in [-0.4, -0.2) is 18.2 Å². The number of nitrogens with one attached hydrogen (secondary N) is 1. The van der Waals surface area contributed by atoms with Crippen molar-refractivity contribution in [2.75, 3.05) is 6.54 Å². The third-order valence-corrected chi connectivity index (χ3v) is 3.33. The molecule has 1 aromatic rings. The summed E-state index contributed by atoms with van der Waals surface area (Å²) in [6.07, 6.45) is 1.22. The molecule has 0 bridgehead atoms. The van der Waals surface area contributed by atoms with E-state index >= 15 is 0 Å². The minimum atomic E-state index is -0.444. The van der Waals surface area contributed by atoms with Gasteiger partial charge in [0.2, 0.25) is 5.91 Å². The molecule has 2 atom stereocenters. The Bertz CT molecular complexity index is 413. The van der Waals surface area contributed by atoms with Gasteiger partial charge in [0.05, 0.1) is 0 Å². The van der Waals surface area contributed by atoms with Gasteiger partial charge in [-0.1, -0.05) is 37.3 Å². The van der Waals surface area contributed by atoms with Crippen molar-refractivity contribution < 1.29 is 9.59 Å². The highest BCUT2D eigenvalue weighted by molar-refractivity contribution is 6.03. The van der Waals surface area contributed by atoms with Crippen molar-refractivity contribution >= 4 is 11.7 Å². The van der Waals surface area contributed by atoms with Gasteiger partial charge in [0.15, 0.2) is 0 Å². The monoisotopic (exact) mass is 231 g/mol. The average Bonchev–Trinajstić information content (AvgIpc) is 2.71. The van der Waals surface area contributed by atoms with Gasteiger partial charge in [-0.3, -0.25) is 9.59 Å². The maximum absolute atomic E-state index is 11.8. The summed E-state index contributed by atoms with van der Waals surface area (Å²) in [7, 11) is 0. The van der Waals surface area contributed by atoms with Crippen LogP contribution >= 0.6 is 0 Å². The Kier molecular flexibility index (Phi) is 3.57. The average molecular weight is 231 g/mol. The standard InChI is InChI=1S/C14H17NO2/c1-2-12(16)13-11(9-15-14(13)17)8-10-6-4-3-5-7-10/h3-7,11,13H,2,8-9H2,1H3,(H,15,17)/t11?,13-/m1/s1. The molecule has 0 radical (unpaired) electrons. The molecule has 0 aromatic heterocycles. The topological polar surface area (TPSA) is 46.2 Å². The van der Waals surface area contributed by atoms with E-state index in [1.54, 1.807) is 0 Å². The molecule has 1 amide bonds. The molecule has 0 aliphatic carbocycles. The van der Waals surface area contributed by atoms with E-state index in [1.165, 1.54) is 5.56 Å². The van der Waals surface area contributed by atoms with E-state index in [2.05, 4.69) is 5.32 Å². The summed E-state index contributed by atoms with van der Waals surface area (Å²) >= 11 is 0. The van der Waals surface area contributed by atoms with E-state index in [0.29, 0.717) is 13.0 Å². The lowest BCUT2D eigenvalue weighted by atomic mass is 9.85. The van der Waals surface area contributed by atoms with Crippen molar-refractivity contribution in [3.63, 3.8) is 0 Å². The summed E-state index contributed by atoms with van der Waals surface area (Å²) in [5.74, 6) is -0.378. The summed E-state index contributed by atoms with van der Waals surface area (Å²) < 4.78 is 0. The SMILES string of the molecule is CCC(=O)[C@@H]1C(=O)NCC1Cc1ccccc1. The van der Waals surface area contributed by atoms with Crippen molar-refractivity contribution in [1.29, 1.82) is 0 Å². The van der Waals surface area contributed by atoms with Crippen LogP contribution in [-0.2, 0) is 16.0 Å². The summed E-state index contributed by atoms with van der Waals surface area (Å²) in [6.45, 7) is 2.43. The first kappa shape index (κ1) is 11.8. The first-order valence-corrected chi connectivity index (χ1v) is 6.06. The zero-order valence-electron chi connectivity index (χ0n) is 9.98. The fraction of sp³-hybridized carbons (Fsp3) is 0.429. The van der Waals surface area contributed by atoms with Gasteiger partial charge in [0.1, 0.15) is 11.7 Å². The Morgan fingerprint density at radius 2 is 2.06 bits per heavy atom. The maximum atomic E-state index is 11.8. The molecule has 2 rings (SSSR count). The molecule has 1 aromatic carbocycles. The van der Waals surface area contributed by atoms with Crippen LogP contribution in [0, 0.1) is 11.8 Å². The van der Waals surface area contributed by atoms with E-state index < -0.39 is 5.92 Å². The highest BCUT2D eigenvalue weighted by Crippen LogP contribution is 2.24. The largest absolute Gasteiger partial charge is 0.355 e. The molecular weight excluding hydrogens is 214 g/mol. The Morgan fingerprint density at radius 3 is 2.71 bits per heavy atom. The number of benzene rings is 1. The Labute approximate surface area is 101 Å². The molecule has 1 unspecified atom stereocenters. The number of carbonyl (C=O) groups excluding carboxylic acids is 2. The van der Waals surface area contributed by atoms with E-state index in [1.807, 2.05) is 37.3 Å². The van der Waals surface area contributed by atoms with Crippen LogP contribution in [0.15, 0.2) is 30.3 Å². The van der Waals surface area contributed by atoms with Gasteiger partial charge in [-0.25, -0.2) is 0 Å². The number of ketones is 1. The number of hydrogen-bond acceptors (Lipinski definition) is 2. The molecule has 17 heavy (non-hydrogen) atoms. The molecule has 3 nitrogen and oxygen atoms in total. The van der Waals surface area contributed by atoms with Crippen molar-refractivity contribution in [3.8, 4) is 0 Å². The molecule has 1 heterocycles. The van der Waals surface area contributed by atoms with Crippen LogP contribution in [0.5, 0.6) is 0 Å². The zero-order valence-corrected chi connectivity index (χ0v) is 9.98. The van der Waals surface area contributed by atoms with Crippen LogP contribution in [0.4, 0.5) is 0 Å². The van der Waals surface area contributed by atoms with Gasteiger partial charge in [0.25, 0.3) is 0 Å². The van der Waals surface area contributed by atoms with Crippen molar-refractivity contribution in [1.82, 2.24) is 5.32 Å². The highest BCUT2D eigenvalue weighted by Gasteiger charge is 2.38. The molecule has 1 fully saturated rings. The van der Waals surface area contributed by atoms with Gasteiger partial charge in [0, 0.05) is 13.0 Å². The number of rotatable bonds is 4. The van der Waals surface area contributed by atoms with Gasteiger partial charge < -0.3 is 5.32 Å². The maximum Gasteiger partial charge on any atom is 0.230 e. The second-order valence-corrected chi connectivity index (χ2v) is 4.49. The summed E-state index contributed by atoms with van der Waals surface area (Å²) in [6, 6.07) is 10.0. The molecule has 3 heteroatoms. The van der Waals surface area contributed by atoms with Crippen LogP contribution < -0.4 is 5.32 Å². The van der Waals surface area contributed by atoms with Crippen LogP contribution in [0.2, 0.25) is 0 Å². The van der Waals surface area contributed by atoms with Gasteiger partial charge in [-0.05, 0) is 17.9 Å². The predicted molar refractivity (Wildman–Crippen MR) is 65.4 cm³/mol. The molecule has 1 aliphatic heterocycles. The minimum absolute atomic E-state index is 0.0564. The summed E-state index contributed by atoms with van der Waals surface area (Å²) in [4.78, 5) is 23.4. The summed E-state index contributed by atoms with van der Waals surface area (Å²) in [5, 5.41) is 2.80. The first-order valence-electron chi connectivity index (χ1n) is 6.06. The molecular formula is C14H17NO2. The number of carbonyl (C=O) groups is 2. The first-order chi connectivity index (χ1) is 8.22. The second-order valence-electron chi connectivity index (χ2n) is 4.49. The molecule has 1 aliphatic rings. The Morgan fingerprint density at radius 1 is 1.35 bits per heavy atom. The lowest BCUT2D eigenvalue weighted by Crippen LogP contribution is -2.28. The fourth-order valence-corrected chi connectivity index (χ4v) is 2.41. The zero-order chi connectivity index (χ0) is 12.3. The molecule has 0 saturated carbocycles. The minimum Gasteiger partial charge on any atom is -0.355 e. The van der Waals surface area contributed by atoms with Crippen LogP contribution in [0.25, 0.3) is 0 Å². The third-order valence-electron chi connectivity index (χ3n) is 3.33. The van der Waals surface area contributed by atoms with Crippen molar-refractivity contribution in [3.05, 3.63) is 35.9 Å². The lowest BCUT2D eigenvalue weighted by Gasteiger charge is -2.14. The number of amides is 1. The molecule has 90 valence electrons. The Hall–Kier alpha value is -1.64. The summed E-state index contributed by atoms with van der Waals surface area (Å²) in [5.41, 5.74) is 1.18. The quantitative estimate of drug-likeness (QED) is 0.799. The third kappa shape index (κ3) is 2.54. The van der Waals surface area contributed by atoms with Gasteiger partial charge in [-0.2, -0.15) is 0 Å². The lowest BCUT2D eigenvalue weighted by molar-refractivity contribution is -0.132. The van der Waals surface area contributed by atoms with Crippen molar-refractivity contribution in [2.45, 2.75) is 19.8 Å². The van der Waals surface area contributed by atoms with E-state index in [4.69, 9.17) is 0 Å². The number of hydrogen-bond donors (Lipinski definition) is 1. The van der Waals surface area contributed by atoms with E-state index in [-0.39, 0.29) is 17.6 Å². The second kappa shape index (κ2) is 5.13. The molecule has 1 saturated heterocycles. The van der Waals surface area contributed by atoms with Gasteiger partial charge in [-0.15, -0.1) is 0 Å². The van der Waals surface area contributed by atoms with Crippen LogP contribution in [0.3, 0.4) is 0 Å². The Balaban J connectivity index is 2.10. The normalized spacial score (nSPS) is 23.5. The van der Waals surface area contributed by atoms with Crippen LogP contribution in [0.1, 0.15) is 18.9 Å². The molecule has 1 N–H and O–H groups in total. The highest BCUT2D eigenvalue weighted by atomic mass is 16.2. The van der Waals surface area contributed by atoms with Gasteiger partial charge >= 0.3 is 0 Å². The molecule has 0 spiro atoms. The van der Waals surface area contributed by atoms with Crippen molar-refractivity contribution in [2.24, 2.45) is 11.8 Å². The van der Waals surface area contributed by atoms with E-state index in [0.717, 1.165) is 6.42 Å². The predicted octanol–water partition coefficient (Wildman–Crippen LogP) is 1.57. The number of Topliss-reactive ketones (excluding diaryl/α,β-unsaturated/α-hetero) is 1.